The second-order valence-electron chi connectivity index (χ2n) is 2.85. The lowest BCUT2D eigenvalue weighted by molar-refractivity contribution is -0.385. The van der Waals surface area contributed by atoms with E-state index in [0.29, 0.717) is 12.1 Å². The van der Waals surface area contributed by atoms with Crippen molar-refractivity contribution in [2.45, 2.75) is 0 Å². The van der Waals surface area contributed by atoms with Crippen molar-refractivity contribution in [3.8, 4) is 18.1 Å². The monoisotopic (exact) mass is 239 g/mol. The second-order valence-corrected chi connectivity index (χ2v) is 2.85. The lowest BCUT2D eigenvalue weighted by Crippen LogP contribution is -2.05. The number of carbonyl (C=O) groups is 1. The average Bonchev–Trinajstić information content (AvgIpc) is 2.25. The molecule has 88 valence electrons. The van der Waals surface area contributed by atoms with E-state index in [0.717, 1.165) is 0 Å². The average molecular weight is 239 g/mol. The van der Waals surface area contributed by atoms with Crippen LogP contribution in [0.4, 0.5) is 10.1 Å². The number of aromatic carboxylic acids is 1. The summed E-state index contributed by atoms with van der Waals surface area (Å²) in [7, 11) is 0. The van der Waals surface area contributed by atoms with Crippen LogP contribution in [0.1, 0.15) is 10.4 Å². The van der Waals surface area contributed by atoms with Gasteiger partial charge in [0.2, 0.25) is 5.75 Å². The molecule has 7 heteroatoms. The van der Waals surface area contributed by atoms with Gasteiger partial charge in [-0.05, 0) is 0 Å². The second kappa shape index (κ2) is 4.94. The molecule has 0 aliphatic heterocycles. The first kappa shape index (κ1) is 12.4. The minimum atomic E-state index is -1.60. The molecule has 0 saturated heterocycles. The third-order valence-corrected chi connectivity index (χ3v) is 1.79. The minimum Gasteiger partial charge on any atom is -0.478 e. The molecule has 1 aromatic carbocycles. The van der Waals surface area contributed by atoms with Crippen molar-refractivity contribution >= 4 is 11.7 Å². The van der Waals surface area contributed by atoms with E-state index in [1.807, 2.05) is 0 Å². The lowest BCUT2D eigenvalue weighted by atomic mass is 10.1. The van der Waals surface area contributed by atoms with Gasteiger partial charge in [-0.25, -0.2) is 9.18 Å². The zero-order chi connectivity index (χ0) is 13.0. The number of hydrogen-bond acceptors (Lipinski definition) is 4. The third-order valence-electron chi connectivity index (χ3n) is 1.79. The minimum absolute atomic E-state index is 0.285. The molecule has 0 aromatic heterocycles. The van der Waals surface area contributed by atoms with Crippen LogP contribution in [0.25, 0.3) is 0 Å². The highest BCUT2D eigenvalue weighted by atomic mass is 19.1. The molecular formula is C10H6FNO5. The highest BCUT2D eigenvalue weighted by Crippen LogP contribution is 2.30. The number of nitro groups is 1. The molecule has 6 nitrogen and oxygen atoms in total. The standard InChI is InChI=1S/C10H6FNO5/c1-2-3-17-9-5-7(11)6(10(13)14)4-8(9)12(15)16/h1,4-5H,3H2,(H,13,14). The Kier molecular flexibility index (Phi) is 3.62. The highest BCUT2D eigenvalue weighted by Gasteiger charge is 2.22. The molecule has 0 radical (unpaired) electrons. The summed E-state index contributed by atoms with van der Waals surface area (Å²) in [5.74, 6) is -1.08. The molecule has 0 saturated carbocycles. The van der Waals surface area contributed by atoms with Gasteiger partial charge in [0, 0.05) is 12.1 Å². The summed E-state index contributed by atoms with van der Waals surface area (Å²) in [5.41, 5.74) is -1.45. The molecule has 0 spiro atoms. The largest absolute Gasteiger partial charge is 0.478 e. The molecule has 0 bridgehead atoms. The van der Waals surface area contributed by atoms with Crippen LogP contribution in [0.15, 0.2) is 12.1 Å². The Hall–Kier alpha value is -2.62. The van der Waals surface area contributed by atoms with E-state index >= 15 is 0 Å². The van der Waals surface area contributed by atoms with E-state index in [9.17, 15) is 19.3 Å². The van der Waals surface area contributed by atoms with Crippen molar-refractivity contribution in [3.63, 3.8) is 0 Å². The molecule has 0 aliphatic carbocycles. The van der Waals surface area contributed by atoms with Crippen molar-refractivity contribution < 1.29 is 24.0 Å². The van der Waals surface area contributed by atoms with Gasteiger partial charge in [0.15, 0.2) is 0 Å². The van der Waals surface area contributed by atoms with E-state index in [1.165, 1.54) is 0 Å². The first-order valence-electron chi connectivity index (χ1n) is 4.25. The van der Waals surface area contributed by atoms with E-state index in [1.54, 1.807) is 0 Å². The first-order chi connectivity index (χ1) is 7.97. The molecule has 17 heavy (non-hydrogen) atoms. The zero-order valence-electron chi connectivity index (χ0n) is 8.34. The Balaban J connectivity index is 3.31. The summed E-state index contributed by atoms with van der Waals surface area (Å²) in [6.45, 7) is -0.285. The van der Waals surface area contributed by atoms with Crippen molar-refractivity contribution in [2.24, 2.45) is 0 Å². The van der Waals surface area contributed by atoms with Gasteiger partial charge in [-0.15, -0.1) is 6.42 Å². The van der Waals surface area contributed by atoms with Crippen LogP contribution < -0.4 is 4.74 Å². The summed E-state index contributed by atoms with van der Waals surface area (Å²) in [6.07, 6.45) is 4.89. The van der Waals surface area contributed by atoms with Gasteiger partial charge in [-0.2, -0.15) is 0 Å². The smallest absolute Gasteiger partial charge is 0.338 e. The third kappa shape index (κ3) is 2.69. The Labute approximate surface area is 94.8 Å². The number of carboxylic acids is 1. The Morgan fingerprint density at radius 1 is 1.65 bits per heavy atom. The fourth-order valence-corrected chi connectivity index (χ4v) is 1.09. The van der Waals surface area contributed by atoms with Gasteiger partial charge in [-0.1, -0.05) is 5.92 Å². The fraction of sp³-hybridized carbons (Fsp3) is 0.100. The Morgan fingerprint density at radius 3 is 2.76 bits per heavy atom. The normalized spacial score (nSPS) is 9.41. The predicted molar refractivity (Wildman–Crippen MR) is 54.3 cm³/mol. The SMILES string of the molecule is C#CCOc1cc(F)c(C(=O)O)cc1[N+](=O)[O-]. The molecule has 1 aromatic rings. The quantitative estimate of drug-likeness (QED) is 0.487. The van der Waals surface area contributed by atoms with Crippen LogP contribution in [-0.4, -0.2) is 22.6 Å². The van der Waals surface area contributed by atoms with Crippen LogP contribution in [0.2, 0.25) is 0 Å². The van der Waals surface area contributed by atoms with Gasteiger partial charge in [0.05, 0.1) is 4.92 Å². The van der Waals surface area contributed by atoms with Crippen LogP contribution in [0.3, 0.4) is 0 Å². The maximum Gasteiger partial charge on any atom is 0.338 e. The topological polar surface area (TPSA) is 89.7 Å². The van der Waals surface area contributed by atoms with Crippen molar-refractivity contribution in [2.75, 3.05) is 6.61 Å². The number of carboxylic acid groups (broad SMARTS) is 1. The fourth-order valence-electron chi connectivity index (χ4n) is 1.09. The molecule has 1 rings (SSSR count). The van der Waals surface area contributed by atoms with E-state index in [-0.39, 0.29) is 6.61 Å². The van der Waals surface area contributed by atoms with E-state index in [4.69, 9.17) is 16.3 Å². The van der Waals surface area contributed by atoms with Crippen LogP contribution >= 0.6 is 0 Å². The number of nitro benzene ring substituents is 1. The maximum absolute atomic E-state index is 13.2. The Bertz CT molecular complexity index is 520. The summed E-state index contributed by atoms with van der Waals surface area (Å²) in [6, 6.07) is 1.21. The van der Waals surface area contributed by atoms with E-state index in [2.05, 4.69) is 5.92 Å². The van der Waals surface area contributed by atoms with Crippen molar-refractivity contribution in [3.05, 3.63) is 33.6 Å². The summed E-state index contributed by atoms with van der Waals surface area (Å²) < 4.78 is 18.0. The van der Waals surface area contributed by atoms with Crippen LogP contribution in [-0.2, 0) is 0 Å². The summed E-state index contributed by atoms with van der Waals surface area (Å²) >= 11 is 0. The van der Waals surface area contributed by atoms with Crippen LogP contribution in [0.5, 0.6) is 5.75 Å². The molecule has 0 amide bonds. The highest BCUT2D eigenvalue weighted by molar-refractivity contribution is 5.89. The molecule has 0 fully saturated rings. The lowest BCUT2D eigenvalue weighted by Gasteiger charge is -2.05. The molecule has 0 aliphatic rings. The summed E-state index contributed by atoms with van der Waals surface area (Å²) in [5, 5.41) is 19.2. The van der Waals surface area contributed by atoms with Gasteiger partial charge in [0.1, 0.15) is 18.0 Å². The van der Waals surface area contributed by atoms with Gasteiger partial charge in [0.25, 0.3) is 0 Å². The van der Waals surface area contributed by atoms with Crippen molar-refractivity contribution in [1.82, 2.24) is 0 Å². The number of benzene rings is 1. The number of rotatable bonds is 4. The van der Waals surface area contributed by atoms with Gasteiger partial charge < -0.3 is 9.84 Å². The maximum atomic E-state index is 13.2. The number of terminal acetylenes is 1. The molecular weight excluding hydrogens is 233 g/mol. The number of ether oxygens (including phenoxy) is 1. The molecule has 0 atom stereocenters. The molecule has 0 unspecified atom stereocenters. The number of nitrogens with zero attached hydrogens (tertiary/aromatic N) is 1. The van der Waals surface area contributed by atoms with Crippen molar-refractivity contribution in [1.29, 1.82) is 0 Å². The van der Waals surface area contributed by atoms with Gasteiger partial charge >= 0.3 is 11.7 Å². The summed E-state index contributed by atoms with van der Waals surface area (Å²) in [4.78, 5) is 20.3. The van der Waals surface area contributed by atoms with E-state index < -0.39 is 33.7 Å². The Morgan fingerprint density at radius 2 is 2.29 bits per heavy atom. The van der Waals surface area contributed by atoms with Crippen LogP contribution in [0, 0.1) is 28.3 Å². The predicted octanol–water partition coefficient (Wildman–Crippen LogP) is 1.44. The zero-order valence-corrected chi connectivity index (χ0v) is 8.34. The first-order valence-corrected chi connectivity index (χ1v) is 4.25. The van der Waals surface area contributed by atoms with Gasteiger partial charge in [-0.3, -0.25) is 10.1 Å². The molecule has 0 heterocycles. The number of hydrogen-bond donors (Lipinski definition) is 1. The number of halogens is 1. The molecule has 1 N–H and O–H groups in total.